The van der Waals surface area contributed by atoms with Gasteiger partial charge in [0.05, 0.1) is 11.9 Å². The minimum Gasteiger partial charge on any atom is -0.508 e. The second-order valence-corrected chi connectivity index (χ2v) is 5.98. The summed E-state index contributed by atoms with van der Waals surface area (Å²) >= 11 is 0. The lowest BCUT2D eigenvalue weighted by Crippen LogP contribution is -2.17. The van der Waals surface area contributed by atoms with E-state index in [9.17, 15) is 9.90 Å². The minimum atomic E-state index is -0.385. The lowest BCUT2D eigenvalue weighted by molar-refractivity contribution is 0.0950. The highest BCUT2D eigenvalue weighted by Gasteiger charge is 2.12. The van der Waals surface area contributed by atoms with Gasteiger partial charge in [0.15, 0.2) is 0 Å². The number of amides is 1. The molecule has 132 valence electrons. The van der Waals surface area contributed by atoms with Crippen molar-refractivity contribution in [2.45, 2.75) is 0 Å². The number of hydrogen-bond donors (Lipinski definition) is 3. The predicted molar refractivity (Wildman–Crippen MR) is 105 cm³/mol. The van der Waals surface area contributed by atoms with Crippen LogP contribution in [0.1, 0.15) is 16.1 Å². The number of H-pyrrole nitrogens is 1. The SMILES string of the molecule is O=C(N/N=C\c1ccc(O)cc1)c1cc(-c2cccc3ccccc23)n[nH]1. The van der Waals surface area contributed by atoms with Gasteiger partial charge in [-0.1, -0.05) is 42.5 Å². The van der Waals surface area contributed by atoms with Crippen molar-refractivity contribution in [1.82, 2.24) is 15.6 Å². The van der Waals surface area contributed by atoms with Gasteiger partial charge in [-0.05, 0) is 46.7 Å². The maximum absolute atomic E-state index is 12.3. The molecule has 0 aliphatic heterocycles. The van der Waals surface area contributed by atoms with Crippen molar-refractivity contribution in [1.29, 1.82) is 0 Å². The number of hydrazone groups is 1. The fourth-order valence-corrected chi connectivity index (χ4v) is 2.81. The molecule has 0 atom stereocenters. The molecule has 0 fully saturated rings. The maximum atomic E-state index is 12.3. The highest BCUT2D eigenvalue weighted by atomic mass is 16.3. The molecule has 1 aromatic heterocycles. The van der Waals surface area contributed by atoms with E-state index in [0.29, 0.717) is 11.4 Å². The van der Waals surface area contributed by atoms with Gasteiger partial charge in [-0.2, -0.15) is 10.2 Å². The largest absolute Gasteiger partial charge is 0.508 e. The Morgan fingerprint density at radius 1 is 1.04 bits per heavy atom. The zero-order chi connectivity index (χ0) is 18.6. The number of benzene rings is 3. The Kier molecular flexibility index (Phi) is 4.37. The number of rotatable bonds is 4. The third-order valence-electron chi connectivity index (χ3n) is 4.16. The molecular weight excluding hydrogens is 340 g/mol. The molecule has 4 rings (SSSR count). The van der Waals surface area contributed by atoms with E-state index in [0.717, 1.165) is 21.9 Å². The van der Waals surface area contributed by atoms with Crippen LogP contribution in [0.25, 0.3) is 22.0 Å². The van der Waals surface area contributed by atoms with Crippen LogP contribution in [0.2, 0.25) is 0 Å². The molecule has 4 aromatic rings. The molecule has 0 aliphatic rings. The predicted octanol–water partition coefficient (Wildman–Crippen LogP) is 3.70. The first-order chi connectivity index (χ1) is 13.2. The highest BCUT2D eigenvalue weighted by molar-refractivity contribution is 5.98. The first-order valence-corrected chi connectivity index (χ1v) is 8.37. The van der Waals surface area contributed by atoms with Crippen LogP contribution in [0.15, 0.2) is 77.9 Å². The molecule has 0 saturated carbocycles. The second-order valence-electron chi connectivity index (χ2n) is 5.98. The van der Waals surface area contributed by atoms with Gasteiger partial charge >= 0.3 is 0 Å². The first kappa shape index (κ1) is 16.5. The van der Waals surface area contributed by atoms with Crippen LogP contribution >= 0.6 is 0 Å². The zero-order valence-electron chi connectivity index (χ0n) is 14.3. The number of aromatic hydroxyl groups is 1. The number of aromatic amines is 1. The normalized spacial score (nSPS) is 11.1. The average molecular weight is 356 g/mol. The number of phenolic OH excluding ortho intramolecular Hbond substituents is 1. The minimum absolute atomic E-state index is 0.176. The third-order valence-corrected chi connectivity index (χ3v) is 4.16. The molecule has 0 unspecified atom stereocenters. The number of nitrogens with zero attached hydrogens (tertiary/aromatic N) is 2. The molecule has 0 spiro atoms. The third kappa shape index (κ3) is 3.55. The van der Waals surface area contributed by atoms with Gasteiger partial charge in [0, 0.05) is 5.56 Å². The summed E-state index contributed by atoms with van der Waals surface area (Å²) in [5, 5.41) is 22.4. The van der Waals surface area contributed by atoms with E-state index < -0.39 is 0 Å². The number of aromatic nitrogens is 2. The zero-order valence-corrected chi connectivity index (χ0v) is 14.3. The summed E-state index contributed by atoms with van der Waals surface area (Å²) in [6.45, 7) is 0. The maximum Gasteiger partial charge on any atom is 0.289 e. The molecule has 0 saturated heterocycles. The van der Waals surface area contributed by atoms with Gasteiger partial charge in [0.1, 0.15) is 11.4 Å². The van der Waals surface area contributed by atoms with Crippen molar-refractivity contribution in [2.75, 3.05) is 0 Å². The molecule has 6 heteroatoms. The highest BCUT2D eigenvalue weighted by Crippen LogP contribution is 2.27. The summed E-state index contributed by atoms with van der Waals surface area (Å²) < 4.78 is 0. The lowest BCUT2D eigenvalue weighted by Gasteiger charge is -2.02. The molecule has 3 aromatic carbocycles. The molecule has 0 bridgehead atoms. The van der Waals surface area contributed by atoms with Crippen molar-refractivity contribution in [3.05, 3.63) is 84.1 Å². The van der Waals surface area contributed by atoms with E-state index in [2.05, 4.69) is 20.7 Å². The molecular formula is C21H16N4O2. The van der Waals surface area contributed by atoms with E-state index in [4.69, 9.17) is 0 Å². The van der Waals surface area contributed by atoms with Crippen molar-refractivity contribution >= 4 is 22.9 Å². The monoisotopic (exact) mass is 356 g/mol. The van der Waals surface area contributed by atoms with Crippen molar-refractivity contribution in [2.24, 2.45) is 5.10 Å². The molecule has 0 aliphatic carbocycles. The lowest BCUT2D eigenvalue weighted by atomic mass is 10.0. The summed E-state index contributed by atoms with van der Waals surface area (Å²) in [5.41, 5.74) is 5.19. The fourth-order valence-electron chi connectivity index (χ4n) is 2.81. The second kappa shape index (κ2) is 7.13. The summed E-state index contributed by atoms with van der Waals surface area (Å²) in [4.78, 5) is 12.3. The smallest absolute Gasteiger partial charge is 0.289 e. The Morgan fingerprint density at radius 2 is 1.81 bits per heavy atom. The summed E-state index contributed by atoms with van der Waals surface area (Å²) in [5.74, 6) is -0.210. The Bertz CT molecular complexity index is 1130. The Morgan fingerprint density at radius 3 is 2.67 bits per heavy atom. The first-order valence-electron chi connectivity index (χ1n) is 8.37. The Balaban J connectivity index is 1.52. The van der Waals surface area contributed by atoms with Crippen LogP contribution in [0.3, 0.4) is 0 Å². The van der Waals surface area contributed by atoms with E-state index in [-0.39, 0.29) is 11.7 Å². The Labute approximate surface area is 155 Å². The molecule has 0 radical (unpaired) electrons. The summed E-state index contributed by atoms with van der Waals surface area (Å²) in [6.07, 6.45) is 1.50. The molecule has 3 N–H and O–H groups in total. The van der Waals surface area contributed by atoms with Crippen LogP contribution in [-0.4, -0.2) is 27.4 Å². The quantitative estimate of drug-likeness (QED) is 0.385. The molecule has 6 nitrogen and oxygen atoms in total. The number of nitrogens with one attached hydrogen (secondary N) is 2. The van der Waals surface area contributed by atoms with Crippen molar-refractivity contribution in [3.8, 4) is 17.0 Å². The molecule has 27 heavy (non-hydrogen) atoms. The van der Waals surface area contributed by atoms with Crippen LogP contribution in [0, 0.1) is 0 Å². The molecule has 1 amide bonds. The van der Waals surface area contributed by atoms with Gasteiger partial charge in [-0.3, -0.25) is 9.89 Å². The van der Waals surface area contributed by atoms with Crippen LogP contribution < -0.4 is 5.43 Å². The fraction of sp³-hybridized carbons (Fsp3) is 0. The Hall–Kier alpha value is -3.93. The average Bonchev–Trinajstić information content (AvgIpc) is 3.19. The van der Waals surface area contributed by atoms with Crippen LogP contribution in [0.5, 0.6) is 5.75 Å². The number of phenols is 1. The molecule has 1 heterocycles. The van der Waals surface area contributed by atoms with E-state index >= 15 is 0 Å². The van der Waals surface area contributed by atoms with E-state index in [1.54, 1.807) is 30.3 Å². The number of fused-ring (bicyclic) bond motifs is 1. The number of carbonyl (C=O) groups is 1. The van der Waals surface area contributed by atoms with Crippen LogP contribution in [-0.2, 0) is 0 Å². The summed E-state index contributed by atoms with van der Waals surface area (Å²) in [7, 11) is 0. The number of hydrogen-bond acceptors (Lipinski definition) is 4. The topological polar surface area (TPSA) is 90.4 Å². The van der Waals surface area contributed by atoms with Crippen LogP contribution in [0.4, 0.5) is 0 Å². The standard InChI is InChI=1S/C21H16N4O2/c26-16-10-8-14(9-11-16)13-22-25-21(27)20-12-19(23-24-20)18-7-3-5-15-4-1-2-6-17(15)18/h1-13,26H,(H,23,24)(H,25,27)/b22-13-. The van der Waals surface area contributed by atoms with E-state index in [1.165, 1.54) is 6.21 Å². The van der Waals surface area contributed by atoms with Gasteiger partial charge in [0.25, 0.3) is 5.91 Å². The van der Waals surface area contributed by atoms with Crippen molar-refractivity contribution in [3.63, 3.8) is 0 Å². The van der Waals surface area contributed by atoms with Crippen molar-refractivity contribution < 1.29 is 9.90 Å². The van der Waals surface area contributed by atoms with Gasteiger partial charge in [-0.25, -0.2) is 5.43 Å². The summed E-state index contributed by atoms with van der Waals surface area (Å²) in [6, 6.07) is 22.2. The van der Waals surface area contributed by atoms with Gasteiger partial charge in [-0.15, -0.1) is 0 Å². The van der Waals surface area contributed by atoms with Gasteiger partial charge in [0.2, 0.25) is 0 Å². The number of carbonyl (C=O) groups excluding carboxylic acids is 1. The van der Waals surface area contributed by atoms with Gasteiger partial charge < -0.3 is 5.11 Å². The van der Waals surface area contributed by atoms with E-state index in [1.807, 2.05) is 42.5 Å².